The zero-order valence-corrected chi connectivity index (χ0v) is 70.7. The summed E-state index contributed by atoms with van der Waals surface area (Å²) in [6.07, 6.45) is 6.51. The summed E-state index contributed by atoms with van der Waals surface area (Å²) in [6, 6.07) is 97.0. The minimum atomic E-state index is -0.258. The van der Waals surface area contributed by atoms with Gasteiger partial charge in [-0.2, -0.15) is 10.2 Å². The van der Waals surface area contributed by atoms with Gasteiger partial charge in [0.15, 0.2) is 11.6 Å². The number of rotatable bonds is 17. The van der Waals surface area contributed by atoms with Gasteiger partial charge >= 0.3 is 0 Å². The molecule has 1 saturated carbocycles. The first-order valence-corrected chi connectivity index (χ1v) is 44.3. The number of aryl methyl sites for hydroxylation is 1. The lowest BCUT2D eigenvalue weighted by molar-refractivity contribution is 0.0342. The number of nitrogens with one attached hydrogen (secondary N) is 6. The molecule has 1 aliphatic carbocycles. The molecule has 0 spiro atoms. The third kappa shape index (κ3) is 16.6. The Balaban J connectivity index is 0.000000106. The number of carbonyl (C=O) groups excluding carboxylic acids is 2. The monoisotopic (exact) mass is 1670 g/mol. The molecule has 14 aromatic rings. The average Bonchev–Trinajstić information content (AvgIpc) is 1.24. The number of aromatic nitrogens is 4. The first-order valence-electron chi connectivity index (χ1n) is 44.3. The molecule has 12 aromatic carbocycles. The van der Waals surface area contributed by atoms with E-state index in [0.717, 1.165) is 148 Å². The van der Waals surface area contributed by atoms with E-state index in [1.165, 1.54) is 107 Å². The predicted octanol–water partition coefficient (Wildman–Crippen LogP) is 19.3. The number of nitrogens with zero attached hydrogens (tertiary/aromatic N) is 7. The van der Waals surface area contributed by atoms with E-state index in [-0.39, 0.29) is 89.4 Å². The molecular formula is C107H100FN13O5. The number of benzene rings is 12. The Morgan fingerprint density at radius 1 is 0.397 bits per heavy atom. The Hall–Kier alpha value is -13.4. The maximum atomic E-state index is 13.7. The van der Waals surface area contributed by atoms with Crippen LogP contribution in [0.15, 0.2) is 305 Å². The Morgan fingerprint density at radius 2 is 0.810 bits per heavy atom. The van der Waals surface area contributed by atoms with Crippen LogP contribution in [0, 0.1) is 11.7 Å². The van der Waals surface area contributed by atoms with Crippen LogP contribution in [0.2, 0.25) is 0 Å². The number of Topliss-reactive ketones (excluding diaryl/α,β-unsaturated/α-hetero) is 2. The van der Waals surface area contributed by atoms with Gasteiger partial charge in [-0.3, -0.25) is 39.0 Å². The number of H-pyrrole nitrogens is 2. The number of anilines is 4. The number of hydrogen-bond acceptors (Lipinski definition) is 16. The number of hydrogen-bond donors (Lipinski definition) is 6. The fourth-order valence-electron chi connectivity index (χ4n) is 20.0. The topological polar surface area (TPSA) is 217 Å². The van der Waals surface area contributed by atoms with Crippen LogP contribution in [-0.2, 0) is 30.8 Å². The molecule has 2 saturated heterocycles. The molecule has 8 unspecified atom stereocenters. The molecular weight excluding hydrogens is 1570 g/mol. The van der Waals surface area contributed by atoms with Crippen LogP contribution in [-0.4, -0.2) is 125 Å². The van der Waals surface area contributed by atoms with Crippen molar-refractivity contribution >= 4 is 67.3 Å². The van der Waals surface area contributed by atoms with Crippen LogP contribution in [0.5, 0.6) is 0 Å². The van der Waals surface area contributed by atoms with Crippen LogP contribution in [0.25, 0.3) is 21.5 Å². The second-order valence-corrected chi connectivity index (χ2v) is 34.9. The molecule has 19 heteroatoms. The van der Waals surface area contributed by atoms with Crippen LogP contribution in [0.3, 0.4) is 0 Å². The van der Waals surface area contributed by atoms with E-state index in [1.807, 2.05) is 91.0 Å². The largest absolute Gasteiger partial charge is 0.379 e. The quantitative estimate of drug-likeness (QED) is 0.0500. The highest BCUT2D eigenvalue weighted by Gasteiger charge is 2.43. The molecule has 8 atom stereocenters. The molecule has 0 bridgehead atoms. The van der Waals surface area contributed by atoms with Crippen molar-refractivity contribution in [3.8, 4) is 0 Å². The van der Waals surface area contributed by atoms with Gasteiger partial charge in [-0.05, 0) is 168 Å². The second-order valence-electron chi connectivity index (χ2n) is 34.9. The van der Waals surface area contributed by atoms with Crippen molar-refractivity contribution < 1.29 is 18.7 Å². The van der Waals surface area contributed by atoms with Gasteiger partial charge in [0, 0.05) is 88.5 Å². The molecule has 630 valence electrons. The molecule has 6 N–H and O–H groups in total. The van der Waals surface area contributed by atoms with E-state index in [1.54, 1.807) is 0 Å². The number of aliphatic imine (C=N–C) groups is 2. The van der Waals surface area contributed by atoms with Crippen LogP contribution in [0.1, 0.15) is 184 Å². The lowest BCUT2D eigenvalue weighted by atomic mass is 9.75. The summed E-state index contributed by atoms with van der Waals surface area (Å²) >= 11 is 0. The molecule has 8 aliphatic heterocycles. The van der Waals surface area contributed by atoms with Crippen LogP contribution in [0.4, 0.5) is 27.1 Å². The van der Waals surface area contributed by atoms with Gasteiger partial charge in [0.1, 0.15) is 18.9 Å². The zero-order chi connectivity index (χ0) is 85.3. The van der Waals surface area contributed by atoms with Gasteiger partial charge in [0.2, 0.25) is 0 Å². The molecule has 0 amide bonds. The van der Waals surface area contributed by atoms with Crippen LogP contribution < -0.4 is 32.4 Å². The number of ether oxygens (including phenoxy) is 1. The highest BCUT2D eigenvalue weighted by molar-refractivity contribution is 6.22. The van der Waals surface area contributed by atoms with E-state index in [9.17, 15) is 23.6 Å². The Kier molecular flexibility index (Phi) is 22.9. The molecule has 3 fully saturated rings. The first kappa shape index (κ1) is 80.9. The Bertz CT molecular complexity index is 6590. The highest BCUT2D eigenvalue weighted by Crippen LogP contribution is 2.51. The minimum absolute atomic E-state index is 0.00557. The smallest absolute Gasteiger partial charge is 0.272 e. The summed E-state index contributed by atoms with van der Waals surface area (Å²) in [4.78, 5) is 66.7. The predicted molar refractivity (Wildman–Crippen MR) is 500 cm³/mol. The molecule has 18 nitrogen and oxygen atoms in total. The summed E-state index contributed by atoms with van der Waals surface area (Å²) in [5.74, 6) is 0.737. The van der Waals surface area contributed by atoms with Gasteiger partial charge < -0.3 is 30.9 Å². The third-order valence-electron chi connectivity index (χ3n) is 26.3. The van der Waals surface area contributed by atoms with Gasteiger partial charge in [0.25, 0.3) is 11.1 Å². The maximum absolute atomic E-state index is 13.7. The average molecular weight is 1670 g/mol. The zero-order valence-electron chi connectivity index (χ0n) is 70.7. The lowest BCUT2D eigenvalue weighted by Gasteiger charge is -2.38. The van der Waals surface area contributed by atoms with Crippen LogP contribution >= 0.6 is 0 Å². The van der Waals surface area contributed by atoms with Gasteiger partial charge in [-0.15, -0.1) is 0 Å². The molecule has 23 rings (SSSR count). The first-order chi connectivity index (χ1) is 61.8. The van der Waals surface area contributed by atoms with Crippen molar-refractivity contribution in [1.82, 2.24) is 35.1 Å². The molecule has 9 aliphatic rings. The number of morpholine rings is 1. The van der Waals surface area contributed by atoms with E-state index >= 15 is 0 Å². The summed E-state index contributed by atoms with van der Waals surface area (Å²) in [7, 11) is 4.16. The number of aromatic amines is 2. The fourth-order valence-corrected chi connectivity index (χ4v) is 20.0. The van der Waals surface area contributed by atoms with E-state index in [2.05, 4.69) is 252 Å². The number of ketones is 2. The summed E-state index contributed by atoms with van der Waals surface area (Å²) < 4.78 is 19.2. The van der Waals surface area contributed by atoms with Crippen molar-refractivity contribution in [2.24, 2.45) is 15.9 Å². The van der Waals surface area contributed by atoms with Crippen molar-refractivity contribution in [3.05, 3.63) is 412 Å². The van der Waals surface area contributed by atoms with E-state index in [0.29, 0.717) is 10.8 Å². The fraction of sp³-hybridized carbons (Fsp3) is 0.252. The highest BCUT2D eigenvalue weighted by atomic mass is 19.1. The van der Waals surface area contributed by atoms with E-state index < -0.39 is 0 Å². The second kappa shape index (κ2) is 35.7. The standard InChI is InChI=1S/C28H26N2O.C27H24FN3O.C27H26N4O2.C25H24N4O/c31-24-17-29-28-25(21-9-4-6-19(16-21)15-14-18-12-13-18)27(20-7-2-1-3-8-20)30-23-11-5-10-22(24)26(23)28;28-20-11-9-18(10-12-20)24-26(19-7-5-17(6-8-19)16-31-13-2-14-31)30-22-4-1-3-21-23(32)15-29-27(24)25(21)22;32-27-21-10-5-11-22-24(21)26(29-30-27)23(19-7-2-1-3-8-19)25(28-22)20-9-4-6-18(16-20)17-31-12-14-33-15-13-31;1-29(2)15-16-8-6-11-18(14-16)23-21(17-9-4-3-5-10-17)24-22-19(25(30)28-27-24)12-7-13-20(22)26-23/h1-11,16,18,25,27,30H,12-15,17H2;1,3-12,24,26,30H,2,13-16H2;1-11,16,23,25,28H,12-15,17H2,(H,30,32);3-14,21,23,26H,15H2,1-2H3,(H,28,30). The summed E-state index contributed by atoms with van der Waals surface area (Å²) in [6.45, 7) is 9.06. The third-order valence-corrected chi connectivity index (χ3v) is 26.3. The SMILES string of the molecule is CN(C)Cc1cccc(C2Nc3cccc4c(=O)[nH]nc(c34)C2c2ccccc2)c1.O=C1CN=C2c3c(cccc31)NC(c1ccc(CN3CCC3)cc1)C2c1ccc(F)cc1.O=C1CN=C2c3c(cccc31)NC(c1ccccc1)C2c1cccc(CCC2CC2)c1.O=c1[nH]nc2c3c(cccc13)NC(c1cccc(CN3CCOCC3)c1)C2c1ccccc1. The molecule has 126 heavy (non-hydrogen) atoms. The minimum Gasteiger partial charge on any atom is -0.379 e. The van der Waals surface area contributed by atoms with Crippen molar-refractivity contribution in [2.75, 3.05) is 87.8 Å². The lowest BCUT2D eigenvalue weighted by Crippen LogP contribution is -2.36. The molecule has 0 radical (unpaired) electrons. The van der Waals surface area contributed by atoms with Crippen molar-refractivity contribution in [2.45, 2.75) is 99.6 Å². The Morgan fingerprint density at radius 3 is 1.33 bits per heavy atom. The summed E-state index contributed by atoms with van der Waals surface area (Å²) in [5, 5.41) is 32.7. The number of carbonyl (C=O) groups is 2. The van der Waals surface area contributed by atoms with Gasteiger partial charge in [-0.25, -0.2) is 14.6 Å². The van der Waals surface area contributed by atoms with Gasteiger partial charge in [-0.1, -0.05) is 249 Å². The summed E-state index contributed by atoms with van der Waals surface area (Å²) in [5.41, 5.74) is 25.4. The molecule has 2 aromatic heterocycles. The normalized spacial score (nSPS) is 20.5. The number of halogens is 1. The van der Waals surface area contributed by atoms with Gasteiger partial charge in [0.05, 0.1) is 94.6 Å². The Labute approximate surface area is 732 Å². The van der Waals surface area contributed by atoms with Crippen molar-refractivity contribution in [1.29, 1.82) is 0 Å². The van der Waals surface area contributed by atoms with Crippen molar-refractivity contribution in [3.63, 3.8) is 0 Å². The number of likely N-dealkylation sites (tertiary alicyclic amines) is 1. The van der Waals surface area contributed by atoms with E-state index in [4.69, 9.17) is 14.7 Å². The maximum Gasteiger partial charge on any atom is 0.272 e. The molecule has 10 heterocycles.